The molecule has 3 atom stereocenters. The molecule has 9 rings (SSSR count). The smallest absolute Gasteiger partial charge is 0.254 e. The van der Waals surface area contributed by atoms with Gasteiger partial charge < -0.3 is 9.47 Å². The van der Waals surface area contributed by atoms with Crippen molar-refractivity contribution in [3.8, 4) is 22.6 Å². The summed E-state index contributed by atoms with van der Waals surface area (Å²) in [6, 6.07) is 14.4. The summed E-state index contributed by atoms with van der Waals surface area (Å²) in [6.07, 6.45) is 4.59. The highest BCUT2D eigenvalue weighted by Crippen LogP contribution is 2.49. The Morgan fingerprint density at radius 1 is 0.852 bits per heavy atom. The molecule has 1 aliphatic heterocycles. The number of carbonyl (C=O) groups is 1. The van der Waals surface area contributed by atoms with Gasteiger partial charge in [0, 0.05) is 96.7 Å². The van der Waals surface area contributed by atoms with Crippen molar-refractivity contribution in [1.29, 1.82) is 0 Å². The van der Waals surface area contributed by atoms with Crippen molar-refractivity contribution in [3.63, 3.8) is 0 Å². The number of hydrogen-bond donors (Lipinski definition) is 0. The number of fused-ring (bicyclic) bond motifs is 2. The van der Waals surface area contributed by atoms with Crippen LogP contribution >= 0.6 is 0 Å². The van der Waals surface area contributed by atoms with E-state index in [1.54, 1.807) is 38.7 Å². The molecule has 10 nitrogen and oxygen atoms in total. The Morgan fingerprint density at radius 2 is 1.57 bits per heavy atom. The fourth-order valence-corrected chi connectivity index (χ4v) is 8.53. The van der Waals surface area contributed by atoms with Gasteiger partial charge in [0.2, 0.25) is 0 Å². The van der Waals surface area contributed by atoms with Gasteiger partial charge in [-0.25, -0.2) is 23.1 Å². The number of benzene rings is 2. The molecule has 3 aliphatic rings. The number of amides is 1. The van der Waals surface area contributed by atoms with Gasteiger partial charge in [0.05, 0.1) is 30.0 Å². The molecule has 0 radical (unpaired) electrons. The normalized spacial score (nSPS) is 20.1. The number of rotatable bonds is 10. The number of piperazine rings is 1. The van der Waals surface area contributed by atoms with Gasteiger partial charge in [0.15, 0.2) is 5.65 Å². The van der Waals surface area contributed by atoms with E-state index in [-0.39, 0.29) is 31.1 Å². The Bertz CT molecular complexity index is 2360. The van der Waals surface area contributed by atoms with Crippen molar-refractivity contribution in [1.82, 2.24) is 43.9 Å². The third-order valence-electron chi connectivity index (χ3n) is 11.3. The SMILES string of the molecule is C[C@@H]1CN(CC(F)F)C[C@H](C)N1C(=O)c1ccc([C@@H](F)Cn2cc3c(-c4nc(-c5cc6cn(C)nc6nc5C5CC5)n(C)c4C4CC4)cccc3n2)cc1. The predicted molar refractivity (Wildman–Crippen MR) is 201 cm³/mol. The minimum Gasteiger partial charge on any atom is -0.331 e. The zero-order chi connectivity index (χ0) is 37.4. The van der Waals surface area contributed by atoms with Crippen LogP contribution in [-0.4, -0.2) is 87.9 Å². The Hall–Kier alpha value is -5.04. The summed E-state index contributed by atoms with van der Waals surface area (Å²) in [4.78, 5) is 27.3. The maximum atomic E-state index is 15.9. The average molecular weight is 736 g/mol. The number of alkyl halides is 3. The maximum Gasteiger partial charge on any atom is 0.254 e. The lowest BCUT2D eigenvalue weighted by molar-refractivity contribution is 0.00875. The van der Waals surface area contributed by atoms with Crippen LogP contribution < -0.4 is 0 Å². The molecule has 0 unspecified atom stereocenters. The minimum absolute atomic E-state index is 0.00602. The largest absolute Gasteiger partial charge is 0.331 e. The van der Waals surface area contributed by atoms with Crippen molar-refractivity contribution in [2.24, 2.45) is 14.1 Å². The first-order valence-electron chi connectivity index (χ1n) is 19.0. The summed E-state index contributed by atoms with van der Waals surface area (Å²) in [6.45, 7) is 4.23. The first kappa shape index (κ1) is 34.7. The second-order valence-electron chi connectivity index (χ2n) is 15.6. The van der Waals surface area contributed by atoms with Crippen LogP contribution in [0.3, 0.4) is 0 Å². The minimum atomic E-state index is -2.41. The summed E-state index contributed by atoms with van der Waals surface area (Å²) in [5.74, 6) is 1.56. The first-order valence-corrected chi connectivity index (χ1v) is 19.0. The molecule has 2 aliphatic carbocycles. The molecular weight excluding hydrogens is 692 g/mol. The van der Waals surface area contributed by atoms with Gasteiger partial charge in [-0.3, -0.25) is 19.1 Å². The van der Waals surface area contributed by atoms with Crippen LogP contribution in [0, 0.1) is 0 Å². The summed E-state index contributed by atoms with van der Waals surface area (Å²) in [7, 11) is 4.03. The summed E-state index contributed by atoms with van der Waals surface area (Å²) >= 11 is 0. The number of halogens is 3. The second-order valence-corrected chi connectivity index (χ2v) is 15.6. The number of nitrogens with zero attached hydrogens (tertiary/aromatic N) is 9. The highest BCUT2D eigenvalue weighted by atomic mass is 19.3. The second kappa shape index (κ2) is 13.4. The van der Waals surface area contributed by atoms with Gasteiger partial charge in [0.25, 0.3) is 12.3 Å². The average Bonchev–Trinajstić information content (AvgIpc) is 4.05. The number of hydrogen-bond acceptors (Lipinski definition) is 6. The van der Waals surface area contributed by atoms with Gasteiger partial charge in [-0.2, -0.15) is 10.2 Å². The topological polar surface area (TPSA) is 89.9 Å². The highest BCUT2D eigenvalue weighted by molar-refractivity contribution is 5.95. The summed E-state index contributed by atoms with van der Waals surface area (Å²) in [5, 5.41) is 11.3. The van der Waals surface area contributed by atoms with Gasteiger partial charge in [-0.15, -0.1) is 0 Å². The molecule has 3 fully saturated rings. The molecule has 280 valence electrons. The Balaban J connectivity index is 0.975. The van der Waals surface area contributed by atoms with Gasteiger partial charge in [-0.05, 0) is 69.4 Å². The van der Waals surface area contributed by atoms with E-state index < -0.39 is 12.6 Å². The molecule has 54 heavy (non-hydrogen) atoms. The van der Waals surface area contributed by atoms with Crippen molar-refractivity contribution in [3.05, 3.63) is 83.4 Å². The lowest BCUT2D eigenvalue weighted by Crippen LogP contribution is -2.59. The van der Waals surface area contributed by atoms with Crippen LogP contribution in [0.15, 0.2) is 60.9 Å². The standard InChI is InChI=1S/C41H44F3N9O/c1-23-17-51(22-35(43)44)18-24(2)53(23)41(54)28-14-8-25(9-15-28)33(42)21-52-20-32-30(6-5-7-34(32)47-52)37-38(27-12-13-27)50(4)40(46-37)31-16-29-19-49(3)48-39(29)45-36(31)26-10-11-26/h5-9,14-16,19-20,23-24,26-27,33,35H,10-13,17-18,21-22H2,1-4H3/t23-,24+,33-/m0/s1. The molecule has 2 saturated carbocycles. The van der Waals surface area contributed by atoms with Crippen LogP contribution in [-0.2, 0) is 20.6 Å². The zero-order valence-electron chi connectivity index (χ0n) is 31.0. The van der Waals surface area contributed by atoms with E-state index in [0.29, 0.717) is 36.1 Å². The predicted octanol–water partition coefficient (Wildman–Crippen LogP) is 7.65. The molecule has 0 spiro atoms. The van der Waals surface area contributed by atoms with E-state index in [0.717, 1.165) is 76.0 Å². The van der Waals surface area contributed by atoms with E-state index in [1.807, 2.05) is 50.1 Å². The number of carbonyl (C=O) groups excluding carboxylic acids is 1. The molecule has 0 bridgehead atoms. The molecule has 0 N–H and O–H groups in total. The zero-order valence-corrected chi connectivity index (χ0v) is 31.0. The molecule has 1 saturated heterocycles. The summed E-state index contributed by atoms with van der Waals surface area (Å²) < 4.78 is 47.6. The van der Waals surface area contributed by atoms with E-state index >= 15 is 4.39 Å². The van der Waals surface area contributed by atoms with E-state index in [2.05, 4.69) is 28.8 Å². The number of aryl methyl sites for hydroxylation is 1. The Kier molecular flexibility index (Phi) is 8.59. The van der Waals surface area contributed by atoms with Crippen molar-refractivity contribution in [2.45, 2.75) is 82.6 Å². The number of imidazole rings is 1. The third kappa shape index (κ3) is 6.35. The molecule has 1 amide bonds. The molecule has 4 aromatic heterocycles. The van der Waals surface area contributed by atoms with Crippen LogP contribution in [0.2, 0.25) is 0 Å². The lowest BCUT2D eigenvalue weighted by Gasteiger charge is -2.44. The fourth-order valence-electron chi connectivity index (χ4n) is 8.53. The summed E-state index contributed by atoms with van der Waals surface area (Å²) in [5.41, 5.74) is 7.66. The number of aromatic nitrogens is 7. The van der Waals surface area contributed by atoms with Crippen molar-refractivity contribution in [2.75, 3.05) is 19.6 Å². The number of pyridine rings is 1. The fraction of sp³-hybridized carbons (Fsp3) is 0.439. The maximum absolute atomic E-state index is 15.9. The van der Waals surface area contributed by atoms with E-state index in [9.17, 15) is 13.6 Å². The van der Waals surface area contributed by atoms with Gasteiger partial charge >= 0.3 is 0 Å². The first-order chi connectivity index (χ1) is 26.0. The van der Waals surface area contributed by atoms with Crippen LogP contribution in [0.25, 0.3) is 44.6 Å². The molecular formula is C41H44F3N9O. The Labute approximate surface area is 311 Å². The van der Waals surface area contributed by atoms with Crippen LogP contribution in [0.5, 0.6) is 0 Å². The monoisotopic (exact) mass is 735 g/mol. The third-order valence-corrected chi connectivity index (χ3v) is 11.3. The van der Waals surface area contributed by atoms with Gasteiger partial charge in [-0.1, -0.05) is 24.3 Å². The van der Waals surface area contributed by atoms with Crippen LogP contribution in [0.4, 0.5) is 13.2 Å². The van der Waals surface area contributed by atoms with E-state index in [4.69, 9.17) is 15.1 Å². The molecule has 13 heteroatoms. The van der Waals surface area contributed by atoms with Gasteiger partial charge in [0.1, 0.15) is 12.0 Å². The highest BCUT2D eigenvalue weighted by Gasteiger charge is 2.36. The molecule has 2 aromatic carbocycles. The van der Waals surface area contributed by atoms with E-state index in [1.165, 1.54) is 5.69 Å². The Morgan fingerprint density at radius 3 is 2.26 bits per heavy atom. The molecule has 5 heterocycles. The van der Waals surface area contributed by atoms with Crippen LogP contribution in [0.1, 0.15) is 84.8 Å². The van der Waals surface area contributed by atoms with Crippen molar-refractivity contribution >= 4 is 27.8 Å². The van der Waals surface area contributed by atoms with Crippen molar-refractivity contribution < 1.29 is 18.0 Å². The lowest BCUT2D eigenvalue weighted by atomic mass is 10.0. The quantitative estimate of drug-likeness (QED) is 0.144. The molecule has 6 aromatic rings.